The molecule has 0 fully saturated rings. The van der Waals surface area contributed by atoms with E-state index in [1.165, 1.54) is 13.2 Å². The van der Waals surface area contributed by atoms with Crippen molar-refractivity contribution in [3.8, 4) is 5.75 Å². The van der Waals surface area contributed by atoms with Gasteiger partial charge in [0, 0.05) is 17.6 Å². The Morgan fingerprint density at radius 1 is 1.47 bits per heavy atom. The number of nitro benzene ring substituents is 1. The number of nitrogens with zero attached hydrogens (tertiary/aromatic N) is 2. The van der Waals surface area contributed by atoms with Crippen molar-refractivity contribution >= 4 is 51.8 Å². The topological polar surface area (TPSA) is 66.5 Å². The lowest BCUT2D eigenvalue weighted by Gasteiger charge is -2.06. The van der Waals surface area contributed by atoms with Gasteiger partial charge in [-0.05, 0) is 12.1 Å². The lowest BCUT2D eigenvalue weighted by atomic mass is 10.2. The van der Waals surface area contributed by atoms with Crippen LogP contribution in [-0.2, 0) is 2.51 Å². The van der Waals surface area contributed by atoms with Crippen molar-refractivity contribution in [2.75, 3.05) is 7.11 Å². The first-order valence-electron chi connectivity index (χ1n) is 4.47. The molecule has 0 unspecified atom stereocenters. The smallest absolute Gasteiger partial charge is 0.313 e. The molecule has 0 aliphatic heterocycles. The number of halogens is 1. The fourth-order valence-corrected chi connectivity index (χ4v) is 2.55. The van der Waals surface area contributed by atoms with Gasteiger partial charge in [-0.3, -0.25) is 14.1 Å². The van der Waals surface area contributed by atoms with Crippen LogP contribution in [0.15, 0.2) is 24.4 Å². The van der Waals surface area contributed by atoms with Crippen LogP contribution in [0, 0.1) is 10.1 Å². The molecule has 2 rings (SSSR count). The number of rotatable bonds is 4. The van der Waals surface area contributed by atoms with Crippen LogP contribution in [0.1, 0.15) is 0 Å². The summed E-state index contributed by atoms with van der Waals surface area (Å²) in [6.07, 6.45) is 1.76. The first-order chi connectivity index (χ1) is 8.19. The highest BCUT2D eigenvalue weighted by Crippen LogP contribution is 2.37. The molecule has 1 aromatic carbocycles. The summed E-state index contributed by atoms with van der Waals surface area (Å²) in [5.41, 5.74) is 0.567. The molecule has 17 heavy (non-hydrogen) atoms. The Morgan fingerprint density at radius 2 is 2.24 bits per heavy atom. The van der Waals surface area contributed by atoms with Crippen molar-refractivity contribution in [3.05, 3.63) is 34.5 Å². The highest BCUT2D eigenvalue weighted by molar-refractivity contribution is 14.1. The summed E-state index contributed by atoms with van der Waals surface area (Å²) in [5.74, 6) is 0.235. The van der Waals surface area contributed by atoms with Crippen molar-refractivity contribution in [2.45, 2.75) is 0 Å². The van der Waals surface area contributed by atoms with Gasteiger partial charge >= 0.3 is 5.69 Å². The molecular weight excluding hydrogens is 359 g/mol. The van der Waals surface area contributed by atoms with Crippen LogP contribution in [0.3, 0.4) is 0 Å². The predicted octanol–water partition coefficient (Wildman–Crippen LogP) is 3.34. The Bertz CT molecular complexity index is 571. The minimum atomic E-state index is -0.467. The van der Waals surface area contributed by atoms with Crippen LogP contribution in [0.4, 0.5) is 5.69 Å². The van der Waals surface area contributed by atoms with Crippen LogP contribution in [-0.4, -0.2) is 16.0 Å². The third kappa shape index (κ3) is 2.19. The van der Waals surface area contributed by atoms with Crippen LogP contribution in [0.2, 0.25) is 0 Å². The van der Waals surface area contributed by atoms with Gasteiger partial charge in [-0.15, -0.1) is 0 Å². The van der Waals surface area contributed by atoms with Crippen molar-refractivity contribution in [1.82, 2.24) is 3.97 Å². The Morgan fingerprint density at radius 3 is 2.82 bits per heavy atom. The molecule has 1 aromatic heterocycles. The molecule has 1 heterocycles. The van der Waals surface area contributed by atoms with E-state index in [9.17, 15) is 10.1 Å². The Labute approximate surface area is 115 Å². The third-order valence-electron chi connectivity index (χ3n) is 2.26. The molecule has 0 saturated carbocycles. The minimum Gasteiger partial charge on any atom is -0.489 e. The number of hydrogen-bond acceptors (Lipinski definition) is 5. The first-order valence-corrected chi connectivity index (χ1v) is 6.05. The average molecular weight is 366 g/mol. The zero-order chi connectivity index (χ0) is 12.4. The fourth-order valence-electron chi connectivity index (χ4n) is 1.60. The maximum absolute atomic E-state index is 10.9. The lowest BCUT2D eigenvalue weighted by molar-refractivity contribution is -0.385. The Kier molecular flexibility index (Phi) is 3.74. The molecule has 0 atom stereocenters. The van der Waals surface area contributed by atoms with E-state index in [0.717, 1.165) is 17.6 Å². The highest BCUT2D eigenvalue weighted by atomic mass is 127. The summed E-state index contributed by atoms with van der Waals surface area (Å²) in [7, 11) is 1.41. The van der Waals surface area contributed by atoms with E-state index in [4.69, 9.17) is 7.25 Å². The monoisotopic (exact) mass is 366 g/mol. The number of fused-ring (bicyclic) bond motifs is 1. The van der Waals surface area contributed by atoms with Gasteiger partial charge in [0.15, 0.2) is 0 Å². The molecule has 2 aromatic rings. The maximum atomic E-state index is 10.9. The van der Waals surface area contributed by atoms with Crippen LogP contribution in [0.25, 0.3) is 10.9 Å². The molecule has 0 bridgehead atoms. The standard InChI is InChI=1S/C9H7IN2O4S/c1-15-9-7(12(13)14)3-2-6-4-5-11(8(6)9)17-16-10/h2-5H,1H3. The van der Waals surface area contributed by atoms with Crippen LogP contribution < -0.4 is 4.74 Å². The summed E-state index contributed by atoms with van der Waals surface area (Å²) >= 11 is 2.80. The van der Waals surface area contributed by atoms with Gasteiger partial charge in [0.25, 0.3) is 0 Å². The lowest BCUT2D eigenvalue weighted by Crippen LogP contribution is -1.96. The number of methoxy groups -OCH3 is 1. The quantitative estimate of drug-likeness (QED) is 0.359. The summed E-state index contributed by atoms with van der Waals surface area (Å²) in [6.45, 7) is 0. The zero-order valence-electron chi connectivity index (χ0n) is 8.62. The van der Waals surface area contributed by atoms with E-state index in [2.05, 4.69) is 0 Å². The first kappa shape index (κ1) is 12.5. The average Bonchev–Trinajstić information content (AvgIpc) is 2.72. The van der Waals surface area contributed by atoms with Gasteiger partial charge in [-0.25, -0.2) is 2.51 Å². The molecule has 0 radical (unpaired) electrons. The number of ether oxygens (including phenoxy) is 1. The molecule has 0 amide bonds. The van der Waals surface area contributed by atoms with Crippen LogP contribution in [0.5, 0.6) is 5.75 Å². The van der Waals surface area contributed by atoms with E-state index in [0.29, 0.717) is 5.52 Å². The van der Waals surface area contributed by atoms with Crippen molar-refractivity contribution < 1.29 is 12.2 Å². The van der Waals surface area contributed by atoms with Crippen molar-refractivity contribution in [2.24, 2.45) is 0 Å². The molecule has 0 N–H and O–H groups in total. The predicted molar refractivity (Wildman–Crippen MR) is 73.2 cm³/mol. The molecule has 0 aliphatic rings. The van der Waals surface area contributed by atoms with Crippen LogP contribution >= 0.6 is 35.2 Å². The van der Waals surface area contributed by atoms with Gasteiger partial charge in [0.05, 0.1) is 12.0 Å². The fraction of sp³-hybridized carbons (Fsp3) is 0.111. The molecule has 6 nitrogen and oxygen atoms in total. The van der Waals surface area contributed by atoms with Gasteiger partial charge < -0.3 is 4.74 Å². The summed E-state index contributed by atoms with van der Waals surface area (Å²) in [6, 6.07) is 4.95. The summed E-state index contributed by atoms with van der Waals surface area (Å²) in [4.78, 5) is 10.4. The second kappa shape index (κ2) is 5.10. The van der Waals surface area contributed by atoms with Gasteiger partial charge in [-0.2, -0.15) is 0 Å². The van der Waals surface area contributed by atoms with E-state index in [1.807, 2.05) is 6.07 Å². The summed E-state index contributed by atoms with van der Waals surface area (Å²) in [5, 5.41) is 11.7. The van der Waals surface area contributed by atoms with Gasteiger partial charge in [-0.1, -0.05) is 0 Å². The molecule has 8 heteroatoms. The normalized spacial score (nSPS) is 10.7. The Balaban J connectivity index is 2.73. The van der Waals surface area contributed by atoms with E-state index in [1.54, 1.807) is 39.2 Å². The number of benzene rings is 1. The van der Waals surface area contributed by atoms with E-state index in [-0.39, 0.29) is 11.4 Å². The number of aromatic nitrogens is 1. The number of nitro groups is 1. The van der Waals surface area contributed by atoms with E-state index >= 15 is 0 Å². The summed E-state index contributed by atoms with van der Waals surface area (Å²) < 4.78 is 11.7. The second-order valence-corrected chi connectivity index (χ2v) is 4.84. The number of hydrogen-bond donors (Lipinski definition) is 0. The molecule has 0 aliphatic carbocycles. The molecule has 0 saturated heterocycles. The van der Waals surface area contributed by atoms with Crippen molar-refractivity contribution in [1.29, 1.82) is 0 Å². The molecule has 90 valence electrons. The highest BCUT2D eigenvalue weighted by Gasteiger charge is 2.20. The zero-order valence-corrected chi connectivity index (χ0v) is 11.6. The maximum Gasteiger partial charge on any atom is 0.313 e. The second-order valence-electron chi connectivity index (χ2n) is 3.09. The van der Waals surface area contributed by atoms with Gasteiger partial charge in [0.1, 0.15) is 40.8 Å². The van der Waals surface area contributed by atoms with Gasteiger partial charge in [0.2, 0.25) is 5.75 Å². The minimum absolute atomic E-state index is 0.0611. The molecular formula is C9H7IN2O4S. The largest absolute Gasteiger partial charge is 0.489 e. The van der Waals surface area contributed by atoms with Crippen molar-refractivity contribution in [3.63, 3.8) is 0 Å². The Hall–Kier alpha value is -1.000. The van der Waals surface area contributed by atoms with E-state index < -0.39 is 4.92 Å². The third-order valence-corrected chi connectivity index (χ3v) is 3.26. The SMILES string of the molecule is COc1c([N+](=O)[O-])ccc2ccn(SOI)c12. The molecule has 0 spiro atoms.